The molecule has 0 aliphatic carbocycles. The normalized spacial score (nSPS) is 11.9. The van der Waals surface area contributed by atoms with Crippen LogP contribution >= 0.6 is 0 Å². The van der Waals surface area contributed by atoms with Gasteiger partial charge < -0.3 is 4.57 Å². The third-order valence-corrected chi connectivity index (χ3v) is 9.51. The fraction of sp³-hybridized carbons (Fsp3) is 0. The Morgan fingerprint density at radius 2 is 1.15 bits per heavy atom. The van der Waals surface area contributed by atoms with Gasteiger partial charge in [0.25, 0.3) is 0 Å². The molecule has 212 valence electrons. The first kappa shape index (κ1) is 24.9. The Labute approximate surface area is 263 Å². The zero-order valence-electron chi connectivity index (χ0n) is 24.6. The number of aromatic nitrogens is 3. The second-order valence-electron chi connectivity index (χ2n) is 11.9. The van der Waals surface area contributed by atoms with Crippen LogP contribution in [-0.2, 0) is 0 Å². The molecule has 0 atom stereocenters. The highest BCUT2D eigenvalue weighted by molar-refractivity contribution is 6.22. The van der Waals surface area contributed by atoms with Crippen LogP contribution < -0.4 is 0 Å². The van der Waals surface area contributed by atoms with Gasteiger partial charge in [-0.05, 0) is 58.6 Å². The van der Waals surface area contributed by atoms with Crippen molar-refractivity contribution < 1.29 is 0 Å². The largest absolute Gasteiger partial charge is 0.309 e. The number of pyridine rings is 1. The Bertz CT molecular complexity index is 2940. The average Bonchev–Trinajstić information content (AvgIpc) is 3.64. The predicted molar refractivity (Wildman–Crippen MR) is 190 cm³/mol. The van der Waals surface area contributed by atoms with Gasteiger partial charge in [-0.3, -0.25) is 4.57 Å². The van der Waals surface area contributed by atoms with Gasteiger partial charge in [0.2, 0.25) is 0 Å². The van der Waals surface area contributed by atoms with E-state index in [2.05, 4.69) is 130 Å². The number of fused-ring (bicyclic) bond motifs is 11. The number of nitrogens with zero attached hydrogens (tertiary/aromatic N) is 4. The van der Waals surface area contributed by atoms with E-state index in [1.807, 2.05) is 30.3 Å². The van der Waals surface area contributed by atoms with Gasteiger partial charge in [0.05, 0.1) is 39.2 Å². The Kier molecular flexibility index (Phi) is 5.03. The van der Waals surface area contributed by atoms with Gasteiger partial charge in [-0.2, -0.15) is 5.26 Å². The second kappa shape index (κ2) is 9.28. The molecule has 0 aliphatic heterocycles. The fourth-order valence-electron chi connectivity index (χ4n) is 7.54. The summed E-state index contributed by atoms with van der Waals surface area (Å²) in [4.78, 5) is 5.05. The van der Waals surface area contributed by atoms with E-state index in [0.29, 0.717) is 5.56 Å². The summed E-state index contributed by atoms with van der Waals surface area (Å²) in [7, 11) is 0. The van der Waals surface area contributed by atoms with E-state index in [4.69, 9.17) is 4.98 Å². The van der Waals surface area contributed by atoms with Crippen LogP contribution in [0.15, 0.2) is 146 Å². The van der Waals surface area contributed by atoms with Gasteiger partial charge in [0, 0.05) is 38.0 Å². The van der Waals surface area contributed by atoms with Gasteiger partial charge in [0.15, 0.2) is 0 Å². The van der Waals surface area contributed by atoms with Gasteiger partial charge in [-0.1, -0.05) is 103 Å². The van der Waals surface area contributed by atoms with Crippen LogP contribution in [0.25, 0.3) is 87.6 Å². The van der Waals surface area contributed by atoms with Crippen molar-refractivity contribution in [2.24, 2.45) is 0 Å². The molecule has 0 aliphatic rings. The number of hydrogen-bond donors (Lipinski definition) is 0. The topological polar surface area (TPSA) is 46.5 Å². The highest BCUT2D eigenvalue weighted by atomic mass is 15.1. The van der Waals surface area contributed by atoms with Crippen LogP contribution in [-0.4, -0.2) is 14.1 Å². The molecule has 0 saturated carbocycles. The molecule has 10 aromatic rings. The van der Waals surface area contributed by atoms with Crippen LogP contribution in [0.4, 0.5) is 0 Å². The van der Waals surface area contributed by atoms with Crippen molar-refractivity contribution >= 4 is 76.1 Å². The number of para-hydroxylation sites is 3. The molecule has 0 bridgehead atoms. The first-order valence-corrected chi connectivity index (χ1v) is 15.5. The molecule has 3 heterocycles. The third-order valence-electron chi connectivity index (χ3n) is 9.51. The lowest BCUT2D eigenvalue weighted by atomic mass is 10.0. The lowest BCUT2D eigenvalue weighted by molar-refractivity contribution is 1.10. The summed E-state index contributed by atoms with van der Waals surface area (Å²) in [6.07, 6.45) is 0. The Morgan fingerprint density at radius 3 is 2.00 bits per heavy atom. The lowest BCUT2D eigenvalue weighted by Crippen LogP contribution is -1.99. The SMILES string of the molecule is N#Cc1cc(-n2c3ccccc3c3c4ccc(-n5c6ccccc6c6ccc7ccccc7c65)cc4ccc32)nc2ccccc12. The van der Waals surface area contributed by atoms with E-state index in [9.17, 15) is 5.26 Å². The van der Waals surface area contributed by atoms with E-state index in [0.717, 1.165) is 38.8 Å². The maximum Gasteiger partial charge on any atom is 0.139 e. The minimum Gasteiger partial charge on any atom is -0.309 e. The number of rotatable bonds is 2. The number of benzene rings is 7. The van der Waals surface area contributed by atoms with Gasteiger partial charge in [0.1, 0.15) is 5.82 Å². The van der Waals surface area contributed by atoms with E-state index < -0.39 is 0 Å². The smallest absolute Gasteiger partial charge is 0.139 e. The zero-order valence-corrected chi connectivity index (χ0v) is 24.6. The second-order valence-corrected chi connectivity index (χ2v) is 11.9. The van der Waals surface area contributed by atoms with Crippen molar-refractivity contribution in [3.8, 4) is 17.6 Å². The quantitative estimate of drug-likeness (QED) is 0.203. The van der Waals surface area contributed by atoms with E-state index >= 15 is 0 Å². The molecule has 0 spiro atoms. The van der Waals surface area contributed by atoms with Crippen LogP contribution in [0.3, 0.4) is 0 Å². The molecule has 0 saturated heterocycles. The third kappa shape index (κ3) is 3.34. The van der Waals surface area contributed by atoms with E-state index in [1.165, 1.54) is 48.7 Å². The molecule has 0 N–H and O–H groups in total. The summed E-state index contributed by atoms with van der Waals surface area (Å²) in [5.74, 6) is 0.745. The summed E-state index contributed by atoms with van der Waals surface area (Å²) < 4.78 is 4.62. The summed E-state index contributed by atoms with van der Waals surface area (Å²) >= 11 is 0. The maximum absolute atomic E-state index is 10.0. The van der Waals surface area contributed by atoms with Crippen molar-refractivity contribution in [1.29, 1.82) is 5.26 Å². The molecule has 0 radical (unpaired) electrons. The molecule has 0 amide bonds. The first-order chi connectivity index (χ1) is 22.8. The van der Waals surface area contributed by atoms with Gasteiger partial charge in [-0.25, -0.2) is 4.98 Å². The molecule has 4 nitrogen and oxygen atoms in total. The predicted octanol–water partition coefficient (Wildman–Crippen LogP) is 10.6. The standard InChI is InChI=1S/C42H24N4/c43-25-28-24-40(44-36-14-6-3-10-30(28)36)46-38-16-8-5-13-35(38)41-31-21-19-29(23-27(31)18-22-39(41)46)45-37-15-7-4-12-33(37)34-20-17-26-9-1-2-11-32(26)42(34)45/h1-24H. The molecule has 3 aromatic heterocycles. The zero-order chi connectivity index (χ0) is 30.4. The van der Waals surface area contributed by atoms with Crippen LogP contribution in [0.2, 0.25) is 0 Å². The summed E-state index contributed by atoms with van der Waals surface area (Å²) in [5, 5.41) is 20.6. The van der Waals surface area contributed by atoms with Crippen molar-refractivity contribution in [3.63, 3.8) is 0 Å². The Morgan fingerprint density at radius 1 is 0.478 bits per heavy atom. The minimum atomic E-state index is 0.621. The maximum atomic E-state index is 10.0. The highest BCUT2D eigenvalue weighted by Crippen LogP contribution is 2.40. The van der Waals surface area contributed by atoms with E-state index in [-0.39, 0.29) is 0 Å². The van der Waals surface area contributed by atoms with E-state index in [1.54, 1.807) is 0 Å². The molecule has 46 heavy (non-hydrogen) atoms. The first-order valence-electron chi connectivity index (χ1n) is 15.5. The van der Waals surface area contributed by atoms with Crippen molar-refractivity contribution in [2.75, 3.05) is 0 Å². The van der Waals surface area contributed by atoms with Crippen LogP contribution in [0.1, 0.15) is 5.56 Å². The molecule has 7 aromatic carbocycles. The number of nitriles is 1. The Hall–Kier alpha value is -6.44. The van der Waals surface area contributed by atoms with Crippen LogP contribution in [0, 0.1) is 11.3 Å². The van der Waals surface area contributed by atoms with Gasteiger partial charge in [-0.15, -0.1) is 0 Å². The summed E-state index contributed by atoms with van der Waals surface area (Å²) in [6, 6.07) is 53.7. The highest BCUT2D eigenvalue weighted by Gasteiger charge is 2.19. The molecule has 4 heteroatoms. The van der Waals surface area contributed by atoms with Crippen molar-refractivity contribution in [1.82, 2.24) is 14.1 Å². The molecular weight excluding hydrogens is 560 g/mol. The molecule has 0 fully saturated rings. The lowest BCUT2D eigenvalue weighted by Gasteiger charge is -2.12. The molecule has 10 rings (SSSR count). The van der Waals surface area contributed by atoms with Gasteiger partial charge >= 0.3 is 0 Å². The van der Waals surface area contributed by atoms with Crippen molar-refractivity contribution in [2.45, 2.75) is 0 Å². The van der Waals surface area contributed by atoms with Crippen molar-refractivity contribution in [3.05, 3.63) is 151 Å². The fourth-order valence-corrected chi connectivity index (χ4v) is 7.54. The summed E-state index contributed by atoms with van der Waals surface area (Å²) in [6.45, 7) is 0. The monoisotopic (exact) mass is 584 g/mol. The molecule has 0 unspecified atom stereocenters. The van der Waals surface area contributed by atoms with Crippen LogP contribution in [0.5, 0.6) is 0 Å². The molecular formula is C42H24N4. The average molecular weight is 585 g/mol. The Balaban J connectivity index is 1.27. The minimum absolute atomic E-state index is 0.621. The number of hydrogen-bond acceptors (Lipinski definition) is 2. The summed E-state index contributed by atoms with van der Waals surface area (Å²) in [5.41, 5.74) is 7.12.